The van der Waals surface area contributed by atoms with Crippen LogP contribution in [0, 0.1) is 0 Å². The first-order valence-corrected chi connectivity index (χ1v) is 5.85. The van der Waals surface area contributed by atoms with E-state index in [0.29, 0.717) is 0 Å². The van der Waals surface area contributed by atoms with Crippen molar-refractivity contribution in [3.63, 3.8) is 0 Å². The fourth-order valence-corrected chi connectivity index (χ4v) is 2.26. The Morgan fingerprint density at radius 3 is 2.44 bits per heavy atom. The highest BCUT2D eigenvalue weighted by atomic mass is 127. The third-order valence-electron chi connectivity index (χ3n) is 2.95. The minimum Gasteiger partial charge on any atom is -1.00 e. The normalized spacial score (nSPS) is 10.3. The van der Waals surface area contributed by atoms with E-state index >= 15 is 0 Å². The molecule has 0 amide bonds. The van der Waals surface area contributed by atoms with Crippen molar-refractivity contribution in [3.8, 4) is 11.3 Å². The second kappa shape index (κ2) is 5.28. The lowest BCUT2D eigenvalue weighted by atomic mass is 10.2. The number of nitrogens with zero attached hydrogens (tertiary/aromatic N) is 2. The highest BCUT2D eigenvalue weighted by Gasteiger charge is 2.15. The second-order valence-electron chi connectivity index (χ2n) is 4.05. The van der Waals surface area contributed by atoms with Gasteiger partial charge in [-0.3, -0.25) is 0 Å². The van der Waals surface area contributed by atoms with Crippen LogP contribution < -0.4 is 28.4 Å². The molecule has 4 heteroatoms. The third kappa shape index (κ3) is 2.24. The predicted molar refractivity (Wildman–Crippen MR) is 69.0 cm³/mol. The summed E-state index contributed by atoms with van der Waals surface area (Å²) in [5.74, 6) is 0. The maximum absolute atomic E-state index is 6.00. The first kappa shape index (κ1) is 13.4. The van der Waals surface area contributed by atoms with Crippen LogP contribution in [-0.4, -0.2) is 4.57 Å². The van der Waals surface area contributed by atoms with E-state index in [1.165, 1.54) is 11.3 Å². The lowest BCUT2D eigenvalue weighted by Gasteiger charge is -1.95. The lowest BCUT2D eigenvalue weighted by molar-refractivity contribution is -0.510. The summed E-state index contributed by atoms with van der Waals surface area (Å²) in [5.41, 5.74) is 3.50. The van der Waals surface area contributed by atoms with Crippen molar-refractivity contribution < 1.29 is 28.4 Å². The van der Waals surface area contributed by atoms with Crippen LogP contribution in [0.2, 0.25) is 5.02 Å². The van der Waals surface area contributed by atoms with Crippen molar-refractivity contribution >= 4 is 17.2 Å². The molecular formula is C14H12ClIN2. The fraction of sp³-hybridized carbons (Fsp3) is 0.0714. The molecule has 0 radical (unpaired) electrons. The Bertz CT molecular complexity index is 677. The Morgan fingerprint density at radius 2 is 1.72 bits per heavy atom. The molecule has 0 aliphatic rings. The molecule has 1 aromatic carbocycles. The number of hydrogen-bond acceptors (Lipinski definition) is 0. The Kier molecular flexibility index (Phi) is 3.92. The van der Waals surface area contributed by atoms with E-state index in [4.69, 9.17) is 11.6 Å². The van der Waals surface area contributed by atoms with Gasteiger partial charge < -0.3 is 24.0 Å². The SMILES string of the molecule is Cn1c(-c2ccccc2)c[n+]2cc(Cl)ccc12.[I-]. The summed E-state index contributed by atoms with van der Waals surface area (Å²) < 4.78 is 4.20. The van der Waals surface area contributed by atoms with Gasteiger partial charge in [-0.15, -0.1) is 0 Å². The summed E-state index contributed by atoms with van der Waals surface area (Å²) in [5, 5.41) is 0.743. The third-order valence-corrected chi connectivity index (χ3v) is 3.18. The molecule has 2 heterocycles. The van der Waals surface area contributed by atoms with Crippen molar-refractivity contribution in [1.82, 2.24) is 4.57 Å². The Morgan fingerprint density at radius 1 is 1.00 bits per heavy atom. The van der Waals surface area contributed by atoms with Gasteiger partial charge in [0.25, 0.3) is 5.65 Å². The average molecular weight is 371 g/mol. The summed E-state index contributed by atoms with van der Waals surface area (Å²) in [6.07, 6.45) is 4.01. The first-order valence-electron chi connectivity index (χ1n) is 5.47. The molecule has 2 nitrogen and oxygen atoms in total. The summed E-state index contributed by atoms with van der Waals surface area (Å²) in [7, 11) is 2.06. The van der Waals surface area contributed by atoms with E-state index in [0.717, 1.165) is 10.7 Å². The molecule has 0 aliphatic carbocycles. The molecule has 2 aromatic heterocycles. The van der Waals surface area contributed by atoms with Crippen LogP contribution in [0.1, 0.15) is 0 Å². The molecule has 0 spiro atoms. The Labute approximate surface area is 128 Å². The average Bonchev–Trinajstić information content (AvgIpc) is 2.67. The Hall–Kier alpha value is -1.07. The topological polar surface area (TPSA) is 9.03 Å². The fourth-order valence-electron chi connectivity index (χ4n) is 2.09. The zero-order valence-corrected chi connectivity index (χ0v) is 12.8. The van der Waals surface area contributed by atoms with Crippen molar-refractivity contribution in [2.24, 2.45) is 7.05 Å². The van der Waals surface area contributed by atoms with Crippen LogP contribution in [0.3, 0.4) is 0 Å². The van der Waals surface area contributed by atoms with Crippen molar-refractivity contribution in [3.05, 3.63) is 59.9 Å². The number of aromatic nitrogens is 2. The van der Waals surface area contributed by atoms with Gasteiger partial charge in [-0.2, -0.15) is 0 Å². The number of hydrogen-bond donors (Lipinski definition) is 0. The number of imidazole rings is 1. The summed E-state index contributed by atoms with van der Waals surface area (Å²) in [4.78, 5) is 0. The smallest absolute Gasteiger partial charge is 0.286 e. The van der Waals surface area contributed by atoms with Gasteiger partial charge >= 0.3 is 0 Å². The van der Waals surface area contributed by atoms with E-state index in [9.17, 15) is 0 Å². The van der Waals surface area contributed by atoms with Gasteiger partial charge in [-0.25, -0.2) is 8.97 Å². The summed E-state index contributed by atoms with van der Waals surface area (Å²) >= 11 is 6.00. The highest BCUT2D eigenvalue weighted by molar-refractivity contribution is 6.30. The monoisotopic (exact) mass is 370 g/mol. The van der Waals surface area contributed by atoms with Crippen LogP contribution in [-0.2, 0) is 7.05 Å². The van der Waals surface area contributed by atoms with E-state index in [1.807, 2.05) is 40.9 Å². The molecule has 3 rings (SSSR count). The molecule has 3 aromatic rings. The molecule has 0 saturated carbocycles. The van der Waals surface area contributed by atoms with E-state index in [2.05, 4.69) is 29.9 Å². The van der Waals surface area contributed by atoms with Crippen LogP contribution in [0.25, 0.3) is 16.9 Å². The van der Waals surface area contributed by atoms with Gasteiger partial charge in [0.05, 0.1) is 12.1 Å². The Balaban J connectivity index is 0.00000120. The minimum atomic E-state index is 0. The highest BCUT2D eigenvalue weighted by Crippen LogP contribution is 2.19. The standard InChI is InChI=1S/C14H12ClN2.HI/c1-16-13(11-5-3-2-4-6-11)10-17-9-12(15)7-8-14(16)17;/h2-10H,1H3;1H/q+1;/p-1. The van der Waals surface area contributed by atoms with Gasteiger partial charge in [-0.1, -0.05) is 41.9 Å². The molecule has 0 bridgehead atoms. The van der Waals surface area contributed by atoms with Crippen LogP contribution >= 0.6 is 11.6 Å². The van der Waals surface area contributed by atoms with Crippen LogP contribution in [0.15, 0.2) is 54.9 Å². The maximum Gasteiger partial charge on any atom is 0.286 e. The minimum absolute atomic E-state index is 0. The van der Waals surface area contributed by atoms with Crippen LogP contribution in [0.5, 0.6) is 0 Å². The van der Waals surface area contributed by atoms with Gasteiger partial charge in [0.1, 0.15) is 12.4 Å². The van der Waals surface area contributed by atoms with Gasteiger partial charge in [0.15, 0.2) is 5.69 Å². The first-order chi connectivity index (χ1) is 8.25. The van der Waals surface area contributed by atoms with Crippen molar-refractivity contribution in [1.29, 1.82) is 0 Å². The lowest BCUT2D eigenvalue weighted by Crippen LogP contribution is -3.00. The zero-order chi connectivity index (χ0) is 11.8. The number of aryl methyl sites for hydroxylation is 1. The molecule has 0 atom stereocenters. The molecule has 18 heavy (non-hydrogen) atoms. The molecule has 92 valence electrons. The van der Waals surface area contributed by atoms with E-state index < -0.39 is 0 Å². The van der Waals surface area contributed by atoms with Gasteiger partial charge in [-0.05, 0) is 6.07 Å². The largest absolute Gasteiger partial charge is 1.00 e. The quantitative estimate of drug-likeness (QED) is 0.424. The van der Waals surface area contributed by atoms with Crippen molar-refractivity contribution in [2.45, 2.75) is 0 Å². The molecule has 0 unspecified atom stereocenters. The van der Waals surface area contributed by atoms with Crippen molar-refractivity contribution in [2.75, 3.05) is 0 Å². The van der Waals surface area contributed by atoms with E-state index in [-0.39, 0.29) is 24.0 Å². The number of rotatable bonds is 1. The summed E-state index contributed by atoms with van der Waals surface area (Å²) in [6.45, 7) is 0. The van der Waals surface area contributed by atoms with Crippen LogP contribution in [0.4, 0.5) is 0 Å². The molecular weight excluding hydrogens is 359 g/mol. The molecule has 0 aliphatic heterocycles. The number of benzene rings is 1. The van der Waals surface area contributed by atoms with E-state index in [1.54, 1.807) is 0 Å². The zero-order valence-electron chi connectivity index (χ0n) is 9.85. The number of fused-ring (bicyclic) bond motifs is 1. The maximum atomic E-state index is 6.00. The number of pyridine rings is 1. The van der Waals surface area contributed by atoms with Gasteiger partial charge in [0, 0.05) is 11.6 Å². The summed E-state index contributed by atoms with van der Waals surface area (Å²) in [6, 6.07) is 14.3. The molecule has 0 N–H and O–H groups in total. The number of halogens is 2. The van der Waals surface area contributed by atoms with Gasteiger partial charge in [0.2, 0.25) is 0 Å². The second-order valence-corrected chi connectivity index (χ2v) is 4.49. The predicted octanol–water partition coefficient (Wildman–Crippen LogP) is 0.0882. The molecule has 0 fully saturated rings. The molecule has 0 saturated heterocycles.